The summed E-state index contributed by atoms with van der Waals surface area (Å²) in [5.41, 5.74) is 0.789. The van der Waals surface area contributed by atoms with Crippen LogP contribution in [0.2, 0.25) is 5.02 Å². The molecule has 1 N–H and O–H groups in total. The van der Waals surface area contributed by atoms with Gasteiger partial charge in [0.25, 0.3) is 0 Å². The van der Waals surface area contributed by atoms with Crippen LogP contribution in [0.3, 0.4) is 0 Å². The Balaban J connectivity index is 3.09. The highest BCUT2D eigenvalue weighted by Gasteiger charge is 1.96. The number of halogens is 2. The van der Waals surface area contributed by atoms with Gasteiger partial charge in [-0.1, -0.05) is 38.8 Å². The standard InChI is InChI=1S/C7H5BrClNO/c8-7-3-6(9)2-1-5(7)4-10-11/h1-4,11H. The van der Waals surface area contributed by atoms with E-state index in [1.165, 1.54) is 6.21 Å². The second-order valence-corrected chi connectivity index (χ2v) is 3.20. The van der Waals surface area contributed by atoms with Crippen LogP contribution < -0.4 is 0 Å². The first-order valence-electron chi connectivity index (χ1n) is 2.86. The second kappa shape index (κ2) is 3.74. The average molecular weight is 234 g/mol. The Morgan fingerprint density at radius 1 is 1.55 bits per heavy atom. The Labute approximate surface area is 77.6 Å². The molecule has 0 aliphatic carbocycles. The monoisotopic (exact) mass is 233 g/mol. The number of hydrogen-bond donors (Lipinski definition) is 1. The van der Waals surface area contributed by atoms with E-state index in [9.17, 15) is 0 Å². The summed E-state index contributed by atoms with van der Waals surface area (Å²) in [6.45, 7) is 0. The molecule has 0 amide bonds. The van der Waals surface area contributed by atoms with Crippen molar-refractivity contribution in [2.45, 2.75) is 0 Å². The first-order chi connectivity index (χ1) is 5.24. The van der Waals surface area contributed by atoms with E-state index in [0.717, 1.165) is 10.0 Å². The van der Waals surface area contributed by atoms with E-state index < -0.39 is 0 Å². The quantitative estimate of drug-likeness (QED) is 0.452. The van der Waals surface area contributed by atoms with Crippen molar-refractivity contribution in [3.63, 3.8) is 0 Å². The van der Waals surface area contributed by atoms with Crippen molar-refractivity contribution in [3.8, 4) is 0 Å². The van der Waals surface area contributed by atoms with Gasteiger partial charge in [0.1, 0.15) is 0 Å². The van der Waals surface area contributed by atoms with Crippen LogP contribution in [-0.4, -0.2) is 11.4 Å². The number of rotatable bonds is 1. The molecule has 0 bridgehead atoms. The Morgan fingerprint density at radius 3 is 2.82 bits per heavy atom. The largest absolute Gasteiger partial charge is 0.411 e. The summed E-state index contributed by atoms with van der Waals surface area (Å²) in [6, 6.07) is 5.22. The Hall–Kier alpha value is -0.540. The fraction of sp³-hybridized carbons (Fsp3) is 0. The van der Waals surface area contributed by atoms with E-state index in [-0.39, 0.29) is 0 Å². The molecule has 58 valence electrons. The maximum absolute atomic E-state index is 8.23. The first-order valence-corrected chi connectivity index (χ1v) is 4.03. The van der Waals surface area contributed by atoms with Crippen molar-refractivity contribution in [1.82, 2.24) is 0 Å². The zero-order valence-corrected chi connectivity index (χ0v) is 7.80. The third-order valence-electron chi connectivity index (χ3n) is 1.16. The Kier molecular flexibility index (Phi) is 2.91. The van der Waals surface area contributed by atoms with Gasteiger partial charge in [-0.15, -0.1) is 0 Å². The summed E-state index contributed by atoms with van der Waals surface area (Å²) in [5.74, 6) is 0. The number of benzene rings is 1. The highest BCUT2D eigenvalue weighted by Crippen LogP contribution is 2.19. The molecule has 0 spiro atoms. The van der Waals surface area contributed by atoms with E-state index in [2.05, 4.69) is 21.1 Å². The van der Waals surface area contributed by atoms with Gasteiger partial charge in [-0.2, -0.15) is 0 Å². The van der Waals surface area contributed by atoms with Gasteiger partial charge >= 0.3 is 0 Å². The van der Waals surface area contributed by atoms with Gasteiger partial charge in [0.05, 0.1) is 6.21 Å². The molecule has 1 aromatic carbocycles. The molecule has 0 fully saturated rings. The predicted octanol–water partition coefficient (Wildman–Crippen LogP) is 2.91. The lowest BCUT2D eigenvalue weighted by molar-refractivity contribution is 0.322. The van der Waals surface area contributed by atoms with Crippen LogP contribution in [0.4, 0.5) is 0 Å². The van der Waals surface area contributed by atoms with Gasteiger partial charge in [0.2, 0.25) is 0 Å². The molecule has 2 nitrogen and oxygen atoms in total. The minimum Gasteiger partial charge on any atom is -0.411 e. The lowest BCUT2D eigenvalue weighted by Gasteiger charge is -1.96. The van der Waals surface area contributed by atoms with E-state index in [4.69, 9.17) is 16.8 Å². The summed E-state index contributed by atoms with van der Waals surface area (Å²) in [7, 11) is 0. The number of hydrogen-bond acceptors (Lipinski definition) is 2. The summed E-state index contributed by atoms with van der Waals surface area (Å²) in [4.78, 5) is 0. The summed E-state index contributed by atoms with van der Waals surface area (Å²) in [6.07, 6.45) is 1.33. The molecule has 0 saturated heterocycles. The highest BCUT2D eigenvalue weighted by molar-refractivity contribution is 9.10. The van der Waals surface area contributed by atoms with Gasteiger partial charge in [0.15, 0.2) is 0 Å². The molecule has 0 saturated carbocycles. The fourth-order valence-corrected chi connectivity index (χ4v) is 1.45. The third-order valence-corrected chi connectivity index (χ3v) is 2.08. The average Bonchev–Trinajstić information content (AvgIpc) is 1.95. The molecule has 0 heterocycles. The molecule has 0 aliphatic heterocycles. The molecule has 1 aromatic rings. The van der Waals surface area contributed by atoms with Crippen LogP contribution in [-0.2, 0) is 0 Å². The zero-order chi connectivity index (χ0) is 8.27. The van der Waals surface area contributed by atoms with Gasteiger partial charge in [-0.3, -0.25) is 0 Å². The molecule has 11 heavy (non-hydrogen) atoms. The Morgan fingerprint density at radius 2 is 2.27 bits per heavy atom. The maximum atomic E-state index is 8.23. The van der Waals surface area contributed by atoms with Crippen LogP contribution in [0, 0.1) is 0 Å². The maximum Gasteiger partial charge on any atom is 0.0745 e. The van der Waals surface area contributed by atoms with E-state index in [1.807, 2.05) is 0 Å². The molecule has 0 atom stereocenters. The zero-order valence-electron chi connectivity index (χ0n) is 5.46. The molecule has 0 aromatic heterocycles. The Bertz CT molecular complexity index is 288. The van der Waals surface area contributed by atoms with Crippen molar-refractivity contribution in [2.75, 3.05) is 0 Å². The van der Waals surface area contributed by atoms with Crippen molar-refractivity contribution in [1.29, 1.82) is 0 Å². The van der Waals surface area contributed by atoms with Gasteiger partial charge in [-0.25, -0.2) is 0 Å². The SMILES string of the molecule is ON=Cc1ccc(Cl)cc1Br. The van der Waals surface area contributed by atoms with Crippen molar-refractivity contribution >= 4 is 33.7 Å². The summed E-state index contributed by atoms with van der Waals surface area (Å²) < 4.78 is 0.808. The van der Waals surface area contributed by atoms with Crippen molar-refractivity contribution in [3.05, 3.63) is 33.3 Å². The number of oxime groups is 1. The van der Waals surface area contributed by atoms with Crippen molar-refractivity contribution in [2.24, 2.45) is 5.16 Å². The topological polar surface area (TPSA) is 32.6 Å². The van der Waals surface area contributed by atoms with Gasteiger partial charge < -0.3 is 5.21 Å². The summed E-state index contributed by atoms with van der Waals surface area (Å²) >= 11 is 8.94. The van der Waals surface area contributed by atoms with E-state index >= 15 is 0 Å². The fourth-order valence-electron chi connectivity index (χ4n) is 0.668. The van der Waals surface area contributed by atoms with E-state index in [1.54, 1.807) is 18.2 Å². The first kappa shape index (κ1) is 8.56. The molecular formula is C7H5BrClNO. The van der Waals surface area contributed by atoms with Crippen LogP contribution in [0.5, 0.6) is 0 Å². The highest BCUT2D eigenvalue weighted by atomic mass is 79.9. The minimum atomic E-state index is 0.645. The molecule has 0 radical (unpaired) electrons. The molecule has 0 unspecified atom stereocenters. The minimum absolute atomic E-state index is 0.645. The number of nitrogens with zero attached hydrogens (tertiary/aromatic N) is 1. The second-order valence-electron chi connectivity index (χ2n) is 1.91. The van der Waals surface area contributed by atoms with Crippen LogP contribution in [0.1, 0.15) is 5.56 Å². The van der Waals surface area contributed by atoms with Crippen LogP contribution in [0.15, 0.2) is 27.8 Å². The predicted molar refractivity (Wildman–Crippen MR) is 48.5 cm³/mol. The van der Waals surface area contributed by atoms with Gasteiger partial charge in [0, 0.05) is 15.1 Å². The summed E-state index contributed by atoms with van der Waals surface area (Å²) in [5, 5.41) is 11.8. The van der Waals surface area contributed by atoms with E-state index in [0.29, 0.717) is 5.02 Å². The third kappa shape index (κ3) is 2.20. The molecule has 0 aliphatic rings. The van der Waals surface area contributed by atoms with Crippen molar-refractivity contribution < 1.29 is 5.21 Å². The van der Waals surface area contributed by atoms with Crippen LogP contribution in [0.25, 0.3) is 0 Å². The lowest BCUT2D eigenvalue weighted by Crippen LogP contribution is -1.81. The lowest BCUT2D eigenvalue weighted by atomic mass is 10.2. The molecular weight excluding hydrogens is 229 g/mol. The van der Waals surface area contributed by atoms with Crippen LogP contribution >= 0.6 is 27.5 Å². The molecule has 1 rings (SSSR count). The normalized spacial score (nSPS) is 10.7. The smallest absolute Gasteiger partial charge is 0.0745 e. The molecule has 4 heteroatoms. The van der Waals surface area contributed by atoms with Gasteiger partial charge in [-0.05, 0) is 12.1 Å².